The van der Waals surface area contributed by atoms with Crippen LogP contribution in [0.4, 0.5) is 5.69 Å². The van der Waals surface area contributed by atoms with E-state index in [1.807, 2.05) is 30.3 Å². The summed E-state index contributed by atoms with van der Waals surface area (Å²) in [6, 6.07) is 9.97. The smallest absolute Gasteiger partial charge is 0.222 e. The van der Waals surface area contributed by atoms with Gasteiger partial charge in [-0.15, -0.1) is 24.0 Å². The molecule has 1 aliphatic rings. The SMILES string of the molecule is I.NC(=NCCC(=O)NC1CCCCC1)Nc1ccccc1. The molecule has 0 aromatic heterocycles. The second-order valence-corrected chi connectivity index (χ2v) is 5.41. The number of carbonyl (C=O) groups excluding carboxylic acids is 1. The third kappa shape index (κ3) is 7.11. The predicted octanol–water partition coefficient (Wildman–Crippen LogP) is 2.87. The van der Waals surface area contributed by atoms with E-state index in [2.05, 4.69) is 15.6 Å². The van der Waals surface area contributed by atoms with Crippen LogP contribution in [0, 0.1) is 0 Å². The Balaban J connectivity index is 0.00000242. The van der Waals surface area contributed by atoms with E-state index >= 15 is 0 Å². The summed E-state index contributed by atoms with van der Waals surface area (Å²) in [6.45, 7) is 0.407. The Morgan fingerprint density at radius 3 is 2.55 bits per heavy atom. The highest BCUT2D eigenvalue weighted by Crippen LogP contribution is 2.17. The summed E-state index contributed by atoms with van der Waals surface area (Å²) in [5.74, 6) is 0.407. The molecule has 0 unspecified atom stereocenters. The maximum Gasteiger partial charge on any atom is 0.222 e. The van der Waals surface area contributed by atoms with Crippen molar-refractivity contribution in [3.8, 4) is 0 Å². The van der Waals surface area contributed by atoms with Crippen LogP contribution in [-0.4, -0.2) is 24.5 Å². The van der Waals surface area contributed by atoms with Gasteiger partial charge in [-0.2, -0.15) is 0 Å². The molecule has 1 saturated carbocycles. The van der Waals surface area contributed by atoms with Crippen LogP contribution in [0.5, 0.6) is 0 Å². The highest BCUT2D eigenvalue weighted by atomic mass is 127. The number of nitrogens with one attached hydrogen (secondary N) is 2. The summed E-state index contributed by atoms with van der Waals surface area (Å²) < 4.78 is 0. The van der Waals surface area contributed by atoms with Gasteiger partial charge in [-0.1, -0.05) is 37.5 Å². The van der Waals surface area contributed by atoms with Crippen molar-refractivity contribution in [2.45, 2.75) is 44.6 Å². The number of halogens is 1. The monoisotopic (exact) mass is 416 g/mol. The number of hydrogen-bond acceptors (Lipinski definition) is 2. The number of nitrogens with two attached hydrogens (primary N) is 1. The number of rotatable bonds is 5. The van der Waals surface area contributed by atoms with Crippen LogP contribution in [0.25, 0.3) is 0 Å². The molecular formula is C16H25IN4O. The molecule has 1 aromatic rings. The number of amides is 1. The molecule has 0 spiro atoms. The summed E-state index contributed by atoms with van der Waals surface area (Å²) in [7, 11) is 0. The van der Waals surface area contributed by atoms with E-state index in [-0.39, 0.29) is 29.9 Å². The molecule has 5 nitrogen and oxygen atoms in total. The number of carbonyl (C=O) groups is 1. The van der Waals surface area contributed by atoms with Gasteiger partial charge >= 0.3 is 0 Å². The molecule has 1 fully saturated rings. The van der Waals surface area contributed by atoms with Crippen LogP contribution in [0.15, 0.2) is 35.3 Å². The summed E-state index contributed by atoms with van der Waals surface area (Å²) >= 11 is 0. The molecule has 122 valence electrons. The van der Waals surface area contributed by atoms with Crippen molar-refractivity contribution < 1.29 is 4.79 Å². The zero-order valence-corrected chi connectivity index (χ0v) is 15.1. The molecule has 0 bridgehead atoms. The average molecular weight is 416 g/mol. The van der Waals surface area contributed by atoms with Gasteiger partial charge in [0.2, 0.25) is 5.91 Å². The van der Waals surface area contributed by atoms with Gasteiger partial charge in [-0.25, -0.2) is 0 Å². The summed E-state index contributed by atoms with van der Waals surface area (Å²) in [4.78, 5) is 16.0. The van der Waals surface area contributed by atoms with Gasteiger partial charge < -0.3 is 16.4 Å². The van der Waals surface area contributed by atoms with E-state index in [1.165, 1.54) is 19.3 Å². The molecule has 0 aliphatic heterocycles. The van der Waals surface area contributed by atoms with Crippen molar-refractivity contribution in [1.82, 2.24) is 5.32 Å². The van der Waals surface area contributed by atoms with Gasteiger partial charge in [0.15, 0.2) is 5.96 Å². The lowest BCUT2D eigenvalue weighted by molar-refractivity contribution is -0.121. The topological polar surface area (TPSA) is 79.5 Å². The number of benzene rings is 1. The fraction of sp³-hybridized carbons (Fsp3) is 0.500. The first-order valence-corrected chi connectivity index (χ1v) is 7.65. The van der Waals surface area contributed by atoms with Crippen molar-refractivity contribution >= 4 is 41.5 Å². The molecule has 6 heteroatoms. The lowest BCUT2D eigenvalue weighted by Gasteiger charge is -2.22. The highest BCUT2D eigenvalue weighted by molar-refractivity contribution is 14.0. The lowest BCUT2D eigenvalue weighted by atomic mass is 9.95. The summed E-state index contributed by atoms with van der Waals surface area (Å²) in [5.41, 5.74) is 6.68. The molecular weight excluding hydrogens is 391 g/mol. The number of aliphatic imine (C=N–C) groups is 1. The predicted molar refractivity (Wildman–Crippen MR) is 102 cm³/mol. The normalized spacial score (nSPS) is 15.7. The number of anilines is 1. The molecule has 4 N–H and O–H groups in total. The second-order valence-electron chi connectivity index (χ2n) is 5.41. The van der Waals surface area contributed by atoms with Crippen molar-refractivity contribution in [2.24, 2.45) is 10.7 Å². The second kappa shape index (κ2) is 10.4. The molecule has 1 aliphatic carbocycles. The first-order chi connectivity index (χ1) is 10.2. The van der Waals surface area contributed by atoms with Crippen LogP contribution in [0.1, 0.15) is 38.5 Å². The minimum absolute atomic E-state index is 0. The van der Waals surface area contributed by atoms with Crippen LogP contribution in [-0.2, 0) is 4.79 Å². The van der Waals surface area contributed by atoms with Crippen molar-refractivity contribution in [3.05, 3.63) is 30.3 Å². The number of hydrogen-bond donors (Lipinski definition) is 3. The molecule has 2 rings (SSSR count). The Bertz CT molecular complexity index is 472. The summed E-state index contributed by atoms with van der Waals surface area (Å²) in [6.07, 6.45) is 6.32. The van der Waals surface area contributed by atoms with Crippen molar-refractivity contribution in [3.63, 3.8) is 0 Å². The molecule has 22 heavy (non-hydrogen) atoms. The Kier molecular flexibility index (Phi) is 8.88. The highest BCUT2D eigenvalue weighted by Gasteiger charge is 2.15. The van der Waals surface area contributed by atoms with Crippen LogP contribution in [0.2, 0.25) is 0 Å². The standard InChI is InChI=1S/C16H24N4O.HI/c17-16(20-14-9-5-2-6-10-14)18-12-11-15(21)19-13-7-3-1-4-8-13;/h2,5-6,9-10,13H,1,3-4,7-8,11-12H2,(H,19,21)(H3,17,18,20);1H. The Morgan fingerprint density at radius 1 is 1.18 bits per heavy atom. The molecule has 0 atom stereocenters. The zero-order chi connectivity index (χ0) is 14.9. The lowest BCUT2D eigenvalue weighted by Crippen LogP contribution is -2.36. The van der Waals surface area contributed by atoms with E-state index in [0.29, 0.717) is 25.0 Å². The quantitative estimate of drug-likeness (QED) is 0.392. The van der Waals surface area contributed by atoms with Crippen molar-refractivity contribution in [1.29, 1.82) is 0 Å². The Labute approximate surface area is 149 Å². The van der Waals surface area contributed by atoms with Crippen LogP contribution in [0.3, 0.4) is 0 Å². The van der Waals surface area contributed by atoms with Gasteiger partial charge in [0.05, 0.1) is 6.54 Å². The van der Waals surface area contributed by atoms with E-state index in [9.17, 15) is 4.79 Å². The van der Waals surface area contributed by atoms with Gasteiger partial charge in [-0.3, -0.25) is 9.79 Å². The van der Waals surface area contributed by atoms with E-state index < -0.39 is 0 Å². The Morgan fingerprint density at radius 2 is 1.86 bits per heavy atom. The van der Waals surface area contributed by atoms with Gasteiger partial charge in [0.25, 0.3) is 0 Å². The molecule has 0 saturated heterocycles. The van der Waals surface area contributed by atoms with E-state index in [0.717, 1.165) is 18.5 Å². The largest absolute Gasteiger partial charge is 0.370 e. The third-order valence-corrected chi connectivity index (χ3v) is 3.64. The first-order valence-electron chi connectivity index (χ1n) is 7.65. The van der Waals surface area contributed by atoms with Crippen molar-refractivity contribution in [2.75, 3.05) is 11.9 Å². The molecule has 1 amide bonds. The zero-order valence-electron chi connectivity index (χ0n) is 12.8. The van der Waals surface area contributed by atoms with Crippen LogP contribution >= 0.6 is 24.0 Å². The first kappa shape index (κ1) is 18.7. The van der Waals surface area contributed by atoms with E-state index in [4.69, 9.17) is 5.73 Å². The fourth-order valence-corrected chi connectivity index (χ4v) is 2.53. The summed E-state index contributed by atoms with van der Waals surface area (Å²) in [5, 5.41) is 6.07. The average Bonchev–Trinajstić information content (AvgIpc) is 2.49. The number of para-hydroxylation sites is 1. The maximum atomic E-state index is 11.8. The van der Waals surface area contributed by atoms with Gasteiger partial charge in [0.1, 0.15) is 0 Å². The maximum absolute atomic E-state index is 11.8. The van der Waals surface area contributed by atoms with Crippen LogP contribution < -0.4 is 16.4 Å². The molecule has 1 aromatic carbocycles. The number of nitrogens with zero attached hydrogens (tertiary/aromatic N) is 1. The minimum atomic E-state index is 0. The Hall–Kier alpha value is -1.31. The van der Waals surface area contributed by atoms with Gasteiger partial charge in [0, 0.05) is 18.2 Å². The fourth-order valence-electron chi connectivity index (χ4n) is 2.53. The minimum Gasteiger partial charge on any atom is -0.370 e. The van der Waals surface area contributed by atoms with E-state index in [1.54, 1.807) is 0 Å². The number of guanidine groups is 1. The molecule has 0 heterocycles. The van der Waals surface area contributed by atoms with Gasteiger partial charge in [-0.05, 0) is 25.0 Å². The third-order valence-electron chi connectivity index (χ3n) is 3.64. The molecule has 0 radical (unpaired) electrons.